The molecule has 94 valence electrons. The van der Waals surface area contributed by atoms with E-state index >= 15 is 0 Å². The lowest BCUT2D eigenvalue weighted by molar-refractivity contribution is 0.451. The second-order valence-corrected chi connectivity index (χ2v) is 5.47. The molecule has 0 saturated heterocycles. The fraction of sp³-hybridized carbons (Fsp3) is 0.0833. The van der Waals surface area contributed by atoms with Crippen LogP contribution in [0.25, 0.3) is 0 Å². The van der Waals surface area contributed by atoms with Gasteiger partial charge in [0.05, 0.1) is 16.5 Å². The van der Waals surface area contributed by atoms with Gasteiger partial charge in [0.2, 0.25) is 5.88 Å². The number of alkyl halides is 1. The molecule has 2 nitrogen and oxygen atoms in total. The summed E-state index contributed by atoms with van der Waals surface area (Å²) < 4.78 is 20.3. The molecule has 1 aromatic heterocycles. The molecule has 0 amide bonds. The van der Waals surface area contributed by atoms with Crippen molar-refractivity contribution in [3.8, 4) is 11.6 Å². The summed E-state index contributed by atoms with van der Waals surface area (Å²) >= 11 is 12.5. The van der Waals surface area contributed by atoms with Gasteiger partial charge in [-0.05, 0) is 40.2 Å². The van der Waals surface area contributed by atoms with Crippen LogP contribution in [0.15, 0.2) is 39.4 Å². The van der Waals surface area contributed by atoms with Crippen molar-refractivity contribution in [1.82, 2.24) is 4.98 Å². The third-order valence-corrected chi connectivity index (χ3v) is 3.54. The highest BCUT2D eigenvalue weighted by Crippen LogP contribution is 2.32. The van der Waals surface area contributed by atoms with Gasteiger partial charge in [-0.3, -0.25) is 0 Å². The molecule has 18 heavy (non-hydrogen) atoms. The molecule has 0 fully saturated rings. The number of rotatable bonds is 3. The summed E-state index contributed by atoms with van der Waals surface area (Å²) in [5.74, 6) is 0.583. The average molecular weight is 395 g/mol. The van der Waals surface area contributed by atoms with Crippen molar-refractivity contribution in [3.63, 3.8) is 0 Å². The highest BCUT2D eigenvalue weighted by Gasteiger charge is 2.10. The minimum absolute atomic E-state index is 0.133. The number of halogens is 4. The van der Waals surface area contributed by atoms with Crippen LogP contribution in [0, 0.1) is 5.82 Å². The summed E-state index contributed by atoms with van der Waals surface area (Å²) in [5, 5.41) is 0. The second kappa shape index (κ2) is 5.99. The standard InChI is InChI=1S/C12H7Br2ClFNO/c13-8-1-2-11(10(14)4-8)18-12-7(5-15)3-9(16)6-17-12/h1-4,6H,5H2. The van der Waals surface area contributed by atoms with Gasteiger partial charge in [-0.25, -0.2) is 9.37 Å². The van der Waals surface area contributed by atoms with E-state index < -0.39 is 5.82 Å². The zero-order chi connectivity index (χ0) is 13.1. The molecule has 0 spiro atoms. The van der Waals surface area contributed by atoms with Gasteiger partial charge in [0.15, 0.2) is 0 Å². The first-order chi connectivity index (χ1) is 8.60. The summed E-state index contributed by atoms with van der Waals surface area (Å²) in [4.78, 5) is 3.89. The minimum Gasteiger partial charge on any atom is -0.438 e. The Bertz CT molecular complexity index is 580. The quantitative estimate of drug-likeness (QED) is 0.660. The van der Waals surface area contributed by atoms with Gasteiger partial charge in [0.25, 0.3) is 0 Å². The molecule has 0 atom stereocenters. The van der Waals surface area contributed by atoms with Crippen LogP contribution < -0.4 is 4.74 Å². The highest BCUT2D eigenvalue weighted by molar-refractivity contribution is 9.11. The third kappa shape index (κ3) is 3.22. The summed E-state index contributed by atoms with van der Waals surface area (Å²) in [5.41, 5.74) is 0.506. The van der Waals surface area contributed by atoms with Crippen LogP contribution in [-0.2, 0) is 5.88 Å². The van der Waals surface area contributed by atoms with Gasteiger partial charge >= 0.3 is 0 Å². The lowest BCUT2D eigenvalue weighted by atomic mass is 10.3. The zero-order valence-electron chi connectivity index (χ0n) is 8.96. The smallest absolute Gasteiger partial charge is 0.223 e. The zero-order valence-corrected chi connectivity index (χ0v) is 12.9. The Labute approximate surface area is 125 Å². The molecule has 0 unspecified atom stereocenters. The molecule has 2 rings (SSSR count). The second-order valence-electron chi connectivity index (χ2n) is 3.43. The predicted octanol–water partition coefficient (Wildman–Crippen LogP) is 5.28. The molecular formula is C12H7Br2ClFNO. The first-order valence-corrected chi connectivity index (χ1v) is 7.05. The number of hydrogen-bond donors (Lipinski definition) is 0. The van der Waals surface area contributed by atoms with Crippen molar-refractivity contribution in [2.45, 2.75) is 5.88 Å². The number of ether oxygens (including phenoxy) is 1. The molecule has 0 bridgehead atoms. The molecule has 0 aliphatic heterocycles. The van der Waals surface area contributed by atoms with Crippen molar-refractivity contribution in [3.05, 3.63) is 50.8 Å². The molecule has 1 aromatic carbocycles. The molecule has 0 aliphatic carbocycles. The van der Waals surface area contributed by atoms with Crippen molar-refractivity contribution in [2.75, 3.05) is 0 Å². The van der Waals surface area contributed by atoms with E-state index in [1.165, 1.54) is 6.07 Å². The van der Waals surface area contributed by atoms with E-state index in [0.717, 1.165) is 15.1 Å². The fourth-order valence-electron chi connectivity index (χ4n) is 1.32. The molecule has 0 radical (unpaired) electrons. The van der Waals surface area contributed by atoms with E-state index in [-0.39, 0.29) is 5.88 Å². The van der Waals surface area contributed by atoms with Crippen LogP contribution in [0.4, 0.5) is 4.39 Å². The SMILES string of the molecule is Fc1cnc(Oc2ccc(Br)cc2Br)c(CCl)c1. The van der Waals surface area contributed by atoms with Crippen LogP contribution >= 0.6 is 43.5 Å². The van der Waals surface area contributed by atoms with Gasteiger partial charge in [0.1, 0.15) is 11.6 Å². The van der Waals surface area contributed by atoms with Gasteiger partial charge in [-0.2, -0.15) is 0 Å². The fourth-order valence-corrected chi connectivity index (χ4v) is 2.64. The first-order valence-electron chi connectivity index (χ1n) is 4.93. The maximum absolute atomic E-state index is 13.0. The van der Waals surface area contributed by atoms with Crippen LogP contribution in [0.1, 0.15) is 5.56 Å². The third-order valence-electron chi connectivity index (χ3n) is 2.14. The van der Waals surface area contributed by atoms with E-state index in [1.807, 2.05) is 12.1 Å². The van der Waals surface area contributed by atoms with E-state index in [1.54, 1.807) is 6.07 Å². The van der Waals surface area contributed by atoms with Crippen molar-refractivity contribution in [1.29, 1.82) is 0 Å². The Kier molecular flexibility index (Phi) is 4.59. The molecule has 1 heterocycles. The van der Waals surface area contributed by atoms with Gasteiger partial charge in [-0.15, -0.1) is 11.6 Å². The monoisotopic (exact) mass is 393 g/mol. The maximum Gasteiger partial charge on any atom is 0.223 e. The number of nitrogens with zero attached hydrogens (tertiary/aromatic N) is 1. The van der Waals surface area contributed by atoms with E-state index in [4.69, 9.17) is 16.3 Å². The molecule has 0 aliphatic rings. The summed E-state index contributed by atoms with van der Waals surface area (Å²) in [6, 6.07) is 6.77. The minimum atomic E-state index is -0.437. The number of pyridine rings is 1. The highest BCUT2D eigenvalue weighted by atomic mass is 79.9. The first kappa shape index (κ1) is 13.8. The van der Waals surface area contributed by atoms with Crippen LogP contribution in [-0.4, -0.2) is 4.98 Å². The molecule has 6 heteroatoms. The Morgan fingerprint density at radius 2 is 2.06 bits per heavy atom. The Morgan fingerprint density at radius 3 is 2.72 bits per heavy atom. The Hall–Kier alpha value is -0.650. The molecule has 2 aromatic rings. The number of aromatic nitrogens is 1. The predicted molar refractivity (Wildman–Crippen MR) is 75.7 cm³/mol. The Morgan fingerprint density at radius 1 is 1.28 bits per heavy atom. The van der Waals surface area contributed by atoms with Crippen LogP contribution in [0.2, 0.25) is 0 Å². The van der Waals surface area contributed by atoms with E-state index in [0.29, 0.717) is 17.2 Å². The summed E-state index contributed by atoms with van der Waals surface area (Å²) in [6.07, 6.45) is 1.10. The largest absolute Gasteiger partial charge is 0.438 e. The summed E-state index contributed by atoms with van der Waals surface area (Å²) in [6.45, 7) is 0. The molecule has 0 saturated carbocycles. The lowest BCUT2D eigenvalue weighted by Gasteiger charge is -2.10. The lowest BCUT2D eigenvalue weighted by Crippen LogP contribution is -1.95. The normalized spacial score (nSPS) is 10.4. The maximum atomic E-state index is 13.0. The number of benzene rings is 1. The van der Waals surface area contributed by atoms with Gasteiger partial charge < -0.3 is 4.74 Å². The molecule has 0 N–H and O–H groups in total. The molecular weight excluding hydrogens is 388 g/mol. The van der Waals surface area contributed by atoms with E-state index in [9.17, 15) is 4.39 Å². The van der Waals surface area contributed by atoms with Crippen molar-refractivity contribution >= 4 is 43.5 Å². The Balaban J connectivity index is 2.33. The van der Waals surface area contributed by atoms with E-state index in [2.05, 4.69) is 36.8 Å². The topological polar surface area (TPSA) is 22.1 Å². The van der Waals surface area contributed by atoms with Crippen LogP contribution in [0.5, 0.6) is 11.6 Å². The van der Waals surface area contributed by atoms with Gasteiger partial charge in [0, 0.05) is 10.0 Å². The van der Waals surface area contributed by atoms with Gasteiger partial charge in [-0.1, -0.05) is 15.9 Å². The summed E-state index contributed by atoms with van der Waals surface area (Å²) in [7, 11) is 0. The average Bonchev–Trinajstić information content (AvgIpc) is 2.34. The van der Waals surface area contributed by atoms with Crippen molar-refractivity contribution in [2.24, 2.45) is 0 Å². The number of hydrogen-bond acceptors (Lipinski definition) is 2. The van der Waals surface area contributed by atoms with Crippen LogP contribution in [0.3, 0.4) is 0 Å². The van der Waals surface area contributed by atoms with Crippen molar-refractivity contribution < 1.29 is 9.13 Å².